The fraction of sp³-hybridized carbons (Fsp3) is 0.438. The third-order valence-corrected chi connectivity index (χ3v) is 9.81. The average molecular weight is 586 g/mol. The predicted octanol–water partition coefficient (Wildman–Crippen LogP) is 4.39. The maximum atomic E-state index is 12.1. The Morgan fingerprint density at radius 2 is 1.95 bits per heavy atom. The number of piperazine rings is 1. The standard InChI is InChI=1S/C32H35N5O4S/c1-20-3-8-28(41-18-24-5-4-21(12-25(24)13-33)14-36-10-9-35(2)29(38)17-36)26(11-20)27-19-42-32(34-27)37-15-22-6-7-23(16-37)30(22)31(39)40/h3-5,8,11-12,19,22-23,30H,6-7,9-10,14-18H2,1-2H3,(H,39,40). The number of hydrogen-bond acceptors (Lipinski definition) is 8. The van der Waals surface area contributed by atoms with Crippen molar-refractivity contribution in [2.75, 3.05) is 44.7 Å². The van der Waals surface area contributed by atoms with E-state index in [-0.39, 0.29) is 30.3 Å². The van der Waals surface area contributed by atoms with Crippen LogP contribution in [0, 0.1) is 36.0 Å². The number of aryl methyl sites for hydroxylation is 1. The summed E-state index contributed by atoms with van der Waals surface area (Å²) in [4.78, 5) is 34.9. The molecule has 2 atom stereocenters. The molecule has 6 rings (SSSR count). The van der Waals surface area contributed by atoms with Crippen LogP contribution in [0.4, 0.5) is 5.13 Å². The van der Waals surface area contributed by atoms with Gasteiger partial charge in [0.1, 0.15) is 12.4 Å². The van der Waals surface area contributed by atoms with Crippen LogP contribution in [0.25, 0.3) is 11.3 Å². The Bertz CT molecular complexity index is 1530. The number of carbonyl (C=O) groups excluding carboxylic acids is 1. The highest BCUT2D eigenvalue weighted by Crippen LogP contribution is 2.44. The van der Waals surface area contributed by atoms with Gasteiger partial charge in [-0.25, -0.2) is 4.98 Å². The van der Waals surface area contributed by atoms with Gasteiger partial charge in [-0.05, 0) is 55.4 Å². The van der Waals surface area contributed by atoms with Gasteiger partial charge in [0.05, 0.1) is 29.8 Å². The van der Waals surface area contributed by atoms with Gasteiger partial charge in [0.15, 0.2) is 5.13 Å². The Kier molecular flexibility index (Phi) is 7.88. The molecule has 2 bridgehead atoms. The van der Waals surface area contributed by atoms with Gasteiger partial charge < -0.3 is 19.6 Å². The number of rotatable bonds is 8. The molecule has 1 aliphatic carbocycles. The van der Waals surface area contributed by atoms with E-state index < -0.39 is 5.97 Å². The molecule has 1 N–H and O–H groups in total. The second-order valence-corrected chi connectivity index (χ2v) is 12.6. The summed E-state index contributed by atoms with van der Waals surface area (Å²) in [5.41, 5.74) is 5.20. The van der Waals surface area contributed by atoms with Crippen LogP contribution in [0.1, 0.15) is 35.1 Å². The zero-order chi connectivity index (χ0) is 29.4. The van der Waals surface area contributed by atoms with Crippen LogP contribution >= 0.6 is 11.3 Å². The molecule has 2 aliphatic heterocycles. The van der Waals surface area contributed by atoms with Crippen LogP contribution in [-0.2, 0) is 22.7 Å². The molecule has 2 aromatic carbocycles. The highest BCUT2D eigenvalue weighted by atomic mass is 32.1. The first-order chi connectivity index (χ1) is 20.3. The molecule has 10 heteroatoms. The highest BCUT2D eigenvalue weighted by Gasteiger charge is 2.46. The number of benzene rings is 2. The summed E-state index contributed by atoms with van der Waals surface area (Å²) in [5.74, 6) is 0.270. The number of hydrogen-bond donors (Lipinski definition) is 1. The number of carboxylic acids is 1. The average Bonchev–Trinajstić information content (AvgIpc) is 3.57. The molecule has 0 spiro atoms. The third kappa shape index (κ3) is 5.72. The molecule has 42 heavy (non-hydrogen) atoms. The normalized spacial score (nSPS) is 22.3. The van der Waals surface area contributed by atoms with Gasteiger partial charge >= 0.3 is 5.97 Å². The summed E-state index contributed by atoms with van der Waals surface area (Å²) in [7, 11) is 1.82. The SMILES string of the molecule is Cc1ccc(OCc2ccc(CN3CCN(C)C(=O)C3)cc2C#N)c(-c2csc(N3CC4CCC(C3)C4C(=O)O)n2)c1. The Hall–Kier alpha value is -3.94. The molecule has 1 aromatic heterocycles. The lowest BCUT2D eigenvalue weighted by Gasteiger charge is -2.35. The topological polar surface area (TPSA) is 110 Å². The minimum atomic E-state index is -0.663. The van der Waals surface area contributed by atoms with Crippen molar-refractivity contribution in [3.8, 4) is 23.1 Å². The number of aliphatic carboxylic acids is 1. The second-order valence-electron chi connectivity index (χ2n) is 11.8. The van der Waals surface area contributed by atoms with E-state index in [9.17, 15) is 20.0 Å². The molecule has 2 saturated heterocycles. The van der Waals surface area contributed by atoms with Crippen molar-refractivity contribution in [2.24, 2.45) is 17.8 Å². The van der Waals surface area contributed by atoms with E-state index >= 15 is 0 Å². The van der Waals surface area contributed by atoms with Gasteiger partial charge in [-0.15, -0.1) is 11.3 Å². The maximum Gasteiger partial charge on any atom is 0.307 e. The molecular weight excluding hydrogens is 550 g/mol. The van der Waals surface area contributed by atoms with Crippen LogP contribution in [0.2, 0.25) is 0 Å². The van der Waals surface area contributed by atoms with E-state index in [1.54, 1.807) is 16.2 Å². The zero-order valence-electron chi connectivity index (χ0n) is 24.0. The smallest absolute Gasteiger partial charge is 0.307 e. The molecular formula is C32H35N5O4S. The fourth-order valence-electron chi connectivity index (χ4n) is 6.59. The van der Waals surface area contributed by atoms with Crippen LogP contribution in [0.3, 0.4) is 0 Å². The van der Waals surface area contributed by atoms with Crippen molar-refractivity contribution in [1.82, 2.24) is 14.8 Å². The van der Waals surface area contributed by atoms with Gasteiger partial charge in [0.2, 0.25) is 5.91 Å². The van der Waals surface area contributed by atoms with Gasteiger partial charge in [-0.3, -0.25) is 14.5 Å². The summed E-state index contributed by atoms with van der Waals surface area (Å²) >= 11 is 1.58. The molecule has 3 aromatic rings. The number of thiazole rings is 1. The molecule has 3 aliphatic rings. The molecule has 218 valence electrons. The molecule has 3 heterocycles. The Morgan fingerprint density at radius 1 is 1.17 bits per heavy atom. The molecule has 3 fully saturated rings. The number of fused-ring (bicyclic) bond motifs is 2. The van der Waals surface area contributed by atoms with E-state index in [1.165, 1.54) is 0 Å². The summed E-state index contributed by atoms with van der Waals surface area (Å²) in [6.07, 6.45) is 1.93. The van der Waals surface area contributed by atoms with Gasteiger partial charge in [-0.1, -0.05) is 23.8 Å². The first-order valence-corrected chi connectivity index (χ1v) is 15.3. The van der Waals surface area contributed by atoms with Crippen molar-refractivity contribution in [2.45, 2.75) is 32.9 Å². The number of nitrogens with zero attached hydrogens (tertiary/aromatic N) is 5. The lowest BCUT2D eigenvalue weighted by atomic mass is 9.85. The van der Waals surface area contributed by atoms with Crippen LogP contribution < -0.4 is 9.64 Å². The van der Waals surface area contributed by atoms with Crippen LogP contribution in [-0.4, -0.2) is 71.5 Å². The molecule has 0 radical (unpaired) electrons. The number of piperidine rings is 1. The van der Waals surface area contributed by atoms with Crippen molar-refractivity contribution in [3.05, 3.63) is 64.0 Å². The van der Waals surface area contributed by atoms with E-state index in [2.05, 4.69) is 21.9 Å². The number of likely N-dealkylation sites (N-methyl/N-ethyl adjacent to an activating group) is 1. The predicted molar refractivity (Wildman–Crippen MR) is 160 cm³/mol. The number of aromatic nitrogens is 1. The van der Waals surface area contributed by atoms with E-state index in [0.717, 1.165) is 65.6 Å². The number of amides is 1. The van der Waals surface area contributed by atoms with E-state index in [4.69, 9.17) is 9.72 Å². The van der Waals surface area contributed by atoms with E-state index in [1.807, 2.05) is 49.7 Å². The van der Waals surface area contributed by atoms with Crippen molar-refractivity contribution >= 4 is 28.3 Å². The van der Waals surface area contributed by atoms with Crippen molar-refractivity contribution in [1.29, 1.82) is 5.26 Å². The zero-order valence-corrected chi connectivity index (χ0v) is 24.8. The molecule has 2 unspecified atom stereocenters. The third-order valence-electron chi connectivity index (χ3n) is 8.91. The minimum absolute atomic E-state index is 0.114. The summed E-state index contributed by atoms with van der Waals surface area (Å²) in [6, 6.07) is 14.2. The fourth-order valence-corrected chi connectivity index (χ4v) is 7.44. The summed E-state index contributed by atoms with van der Waals surface area (Å²) in [5, 5.41) is 22.5. The maximum absolute atomic E-state index is 12.1. The van der Waals surface area contributed by atoms with Gasteiger partial charge in [0.25, 0.3) is 0 Å². The van der Waals surface area contributed by atoms with Crippen molar-refractivity contribution < 1.29 is 19.4 Å². The van der Waals surface area contributed by atoms with Crippen molar-refractivity contribution in [3.63, 3.8) is 0 Å². The summed E-state index contributed by atoms with van der Waals surface area (Å²) < 4.78 is 6.30. The van der Waals surface area contributed by atoms with Gasteiger partial charge in [-0.2, -0.15) is 5.26 Å². The monoisotopic (exact) mass is 585 g/mol. The van der Waals surface area contributed by atoms with Crippen LogP contribution in [0.5, 0.6) is 5.75 Å². The number of nitriles is 1. The van der Waals surface area contributed by atoms with Crippen LogP contribution in [0.15, 0.2) is 41.8 Å². The molecule has 1 saturated carbocycles. The first-order valence-electron chi connectivity index (χ1n) is 14.4. The Labute approximate surface area is 249 Å². The van der Waals surface area contributed by atoms with Gasteiger partial charge in [0, 0.05) is 56.3 Å². The Balaban J connectivity index is 1.15. The number of anilines is 1. The number of carboxylic acid groups (broad SMARTS) is 1. The van der Waals surface area contributed by atoms with E-state index in [0.29, 0.717) is 30.9 Å². The Morgan fingerprint density at radius 3 is 2.67 bits per heavy atom. The lowest BCUT2D eigenvalue weighted by molar-refractivity contribution is -0.144. The molecule has 9 nitrogen and oxygen atoms in total. The largest absolute Gasteiger partial charge is 0.488 e. The minimum Gasteiger partial charge on any atom is -0.488 e. The lowest BCUT2D eigenvalue weighted by Crippen LogP contribution is -2.47. The second kappa shape index (κ2) is 11.7. The first kappa shape index (κ1) is 28.2. The number of ether oxygens (including phenoxy) is 1. The summed E-state index contributed by atoms with van der Waals surface area (Å²) in [6.45, 7) is 6.28. The highest BCUT2D eigenvalue weighted by molar-refractivity contribution is 7.14. The number of carbonyl (C=O) groups is 2. The quantitative estimate of drug-likeness (QED) is 0.415. The molecule has 1 amide bonds.